The lowest BCUT2D eigenvalue weighted by Crippen LogP contribution is -2.51. The van der Waals surface area contributed by atoms with Gasteiger partial charge in [-0.2, -0.15) is 0 Å². The minimum atomic E-state index is -0.109. The normalized spacial score (nSPS) is 21.4. The summed E-state index contributed by atoms with van der Waals surface area (Å²) >= 11 is 0. The Morgan fingerprint density at radius 2 is 1.88 bits per heavy atom. The van der Waals surface area contributed by atoms with Crippen molar-refractivity contribution in [3.05, 3.63) is 65.7 Å². The van der Waals surface area contributed by atoms with E-state index < -0.39 is 0 Å². The minimum Gasteiger partial charge on any atom is -0.497 e. The van der Waals surface area contributed by atoms with Crippen LogP contribution in [0.25, 0.3) is 5.57 Å². The summed E-state index contributed by atoms with van der Waals surface area (Å²) in [7, 11) is 1.71. The van der Waals surface area contributed by atoms with Crippen LogP contribution in [0, 0.1) is 0 Å². The molecule has 1 atom stereocenters. The topological polar surface area (TPSA) is 12.5 Å². The number of nitrogens with zero attached hydrogens (tertiary/aromatic N) is 1. The number of benzene rings is 2. The van der Waals surface area contributed by atoms with Crippen LogP contribution in [0.4, 0.5) is 5.69 Å². The molecule has 2 nitrogen and oxygen atoms in total. The summed E-state index contributed by atoms with van der Waals surface area (Å²) in [5, 5.41) is 0. The molecule has 2 aromatic carbocycles. The van der Waals surface area contributed by atoms with Crippen molar-refractivity contribution >= 4 is 11.3 Å². The molecule has 0 saturated carbocycles. The third kappa shape index (κ3) is 2.09. The summed E-state index contributed by atoms with van der Waals surface area (Å²) in [6.45, 7) is 9.08. The highest BCUT2D eigenvalue weighted by Crippen LogP contribution is 2.51. The Labute approximate surface area is 144 Å². The number of anilines is 1. The van der Waals surface area contributed by atoms with E-state index in [0.717, 1.165) is 5.75 Å². The standard InChI is InChI=1S/C22H25NO/c1-15-19-9-5-7-16-8-6-10-20(21(16)19)23(22(15,2)3)17-11-13-18(24-4)14-12-17/h5,7,9,11-14,20H,1,6,8,10H2,2-4H3. The van der Waals surface area contributed by atoms with Crippen molar-refractivity contribution in [1.29, 1.82) is 0 Å². The predicted octanol–water partition coefficient (Wildman–Crippen LogP) is 5.38. The van der Waals surface area contributed by atoms with Gasteiger partial charge in [-0.1, -0.05) is 24.8 Å². The molecule has 0 spiro atoms. The molecule has 124 valence electrons. The van der Waals surface area contributed by atoms with Gasteiger partial charge in [-0.3, -0.25) is 0 Å². The van der Waals surface area contributed by atoms with Crippen molar-refractivity contribution < 1.29 is 4.74 Å². The largest absolute Gasteiger partial charge is 0.497 e. The fourth-order valence-electron chi connectivity index (χ4n) is 4.49. The quantitative estimate of drug-likeness (QED) is 0.736. The summed E-state index contributed by atoms with van der Waals surface area (Å²) in [4.78, 5) is 2.57. The van der Waals surface area contributed by atoms with E-state index >= 15 is 0 Å². The average molecular weight is 319 g/mol. The van der Waals surface area contributed by atoms with Crippen LogP contribution in [0.5, 0.6) is 5.75 Å². The van der Waals surface area contributed by atoms with Gasteiger partial charge in [0.15, 0.2) is 0 Å². The van der Waals surface area contributed by atoms with E-state index in [0.29, 0.717) is 6.04 Å². The molecule has 1 heterocycles. The number of aryl methyl sites for hydroxylation is 1. The van der Waals surface area contributed by atoms with Gasteiger partial charge in [-0.25, -0.2) is 0 Å². The number of hydrogen-bond donors (Lipinski definition) is 0. The second-order valence-electron chi connectivity index (χ2n) is 7.39. The first-order valence-electron chi connectivity index (χ1n) is 8.79. The molecule has 0 aromatic heterocycles. The highest BCUT2D eigenvalue weighted by atomic mass is 16.5. The van der Waals surface area contributed by atoms with Gasteiger partial charge >= 0.3 is 0 Å². The maximum absolute atomic E-state index is 5.33. The molecular formula is C22H25NO. The maximum Gasteiger partial charge on any atom is 0.119 e. The molecule has 0 bridgehead atoms. The summed E-state index contributed by atoms with van der Waals surface area (Å²) < 4.78 is 5.33. The summed E-state index contributed by atoms with van der Waals surface area (Å²) in [6, 6.07) is 15.6. The van der Waals surface area contributed by atoms with Crippen molar-refractivity contribution in [3.63, 3.8) is 0 Å². The van der Waals surface area contributed by atoms with Crippen LogP contribution in [0.2, 0.25) is 0 Å². The molecule has 0 radical (unpaired) electrons. The van der Waals surface area contributed by atoms with E-state index in [1.54, 1.807) is 7.11 Å². The fourth-order valence-corrected chi connectivity index (χ4v) is 4.49. The van der Waals surface area contributed by atoms with Crippen LogP contribution in [0.1, 0.15) is 49.4 Å². The highest BCUT2D eigenvalue weighted by molar-refractivity contribution is 5.82. The maximum atomic E-state index is 5.33. The van der Waals surface area contributed by atoms with Crippen molar-refractivity contribution in [2.75, 3.05) is 12.0 Å². The molecule has 1 unspecified atom stereocenters. The smallest absolute Gasteiger partial charge is 0.119 e. The zero-order valence-corrected chi connectivity index (χ0v) is 14.8. The summed E-state index contributed by atoms with van der Waals surface area (Å²) in [5.74, 6) is 0.900. The molecular weight excluding hydrogens is 294 g/mol. The van der Waals surface area contributed by atoms with Crippen LogP contribution in [0.3, 0.4) is 0 Å². The van der Waals surface area contributed by atoms with Crippen molar-refractivity contribution in [2.24, 2.45) is 0 Å². The molecule has 0 fully saturated rings. The number of hydrogen-bond acceptors (Lipinski definition) is 2. The Kier molecular flexibility index (Phi) is 3.45. The molecule has 0 N–H and O–H groups in total. The van der Waals surface area contributed by atoms with Crippen molar-refractivity contribution in [3.8, 4) is 5.75 Å². The Morgan fingerprint density at radius 1 is 1.12 bits per heavy atom. The van der Waals surface area contributed by atoms with Gasteiger partial charge in [-0.05, 0) is 79.6 Å². The number of ether oxygens (including phenoxy) is 1. The molecule has 2 aromatic rings. The molecule has 1 aliphatic carbocycles. The Bertz CT molecular complexity index is 788. The van der Waals surface area contributed by atoms with E-state index in [2.05, 4.69) is 67.8 Å². The van der Waals surface area contributed by atoms with Crippen LogP contribution in [-0.2, 0) is 6.42 Å². The number of methoxy groups -OCH3 is 1. The second-order valence-corrected chi connectivity index (χ2v) is 7.39. The van der Waals surface area contributed by atoms with Gasteiger partial charge in [-0.15, -0.1) is 0 Å². The third-order valence-electron chi connectivity index (χ3n) is 5.78. The van der Waals surface area contributed by atoms with Gasteiger partial charge < -0.3 is 9.64 Å². The SMILES string of the molecule is C=C1c2cccc3c2C(CCC3)N(c2ccc(OC)cc2)C1(C)C. The van der Waals surface area contributed by atoms with E-state index in [1.807, 2.05) is 0 Å². The second kappa shape index (κ2) is 5.41. The molecule has 0 amide bonds. The van der Waals surface area contributed by atoms with Crippen LogP contribution < -0.4 is 9.64 Å². The fraction of sp³-hybridized carbons (Fsp3) is 0.364. The molecule has 24 heavy (non-hydrogen) atoms. The van der Waals surface area contributed by atoms with Gasteiger partial charge in [0.2, 0.25) is 0 Å². The van der Waals surface area contributed by atoms with Crippen LogP contribution in [0.15, 0.2) is 49.0 Å². The number of rotatable bonds is 2. The van der Waals surface area contributed by atoms with E-state index in [4.69, 9.17) is 4.74 Å². The Morgan fingerprint density at radius 3 is 2.58 bits per heavy atom. The van der Waals surface area contributed by atoms with Gasteiger partial charge in [0.05, 0.1) is 18.7 Å². The zero-order valence-electron chi connectivity index (χ0n) is 14.8. The van der Waals surface area contributed by atoms with Gasteiger partial charge in [0, 0.05) is 5.69 Å². The molecule has 0 saturated heterocycles. The predicted molar refractivity (Wildman–Crippen MR) is 101 cm³/mol. The Balaban J connectivity index is 1.90. The van der Waals surface area contributed by atoms with Crippen LogP contribution in [-0.4, -0.2) is 12.6 Å². The lowest BCUT2D eigenvalue weighted by Gasteiger charge is -2.53. The van der Waals surface area contributed by atoms with Crippen LogP contribution >= 0.6 is 0 Å². The van der Waals surface area contributed by atoms with E-state index in [-0.39, 0.29) is 5.54 Å². The van der Waals surface area contributed by atoms with E-state index in [1.165, 1.54) is 47.2 Å². The highest BCUT2D eigenvalue weighted by Gasteiger charge is 2.43. The molecule has 2 heteroatoms. The minimum absolute atomic E-state index is 0.109. The third-order valence-corrected chi connectivity index (χ3v) is 5.78. The lowest BCUT2D eigenvalue weighted by molar-refractivity contribution is 0.413. The summed E-state index contributed by atoms with van der Waals surface area (Å²) in [6.07, 6.45) is 3.63. The first-order valence-corrected chi connectivity index (χ1v) is 8.79. The summed E-state index contributed by atoms with van der Waals surface area (Å²) in [5.41, 5.74) is 6.72. The van der Waals surface area contributed by atoms with Crippen molar-refractivity contribution in [1.82, 2.24) is 0 Å². The molecule has 2 aliphatic rings. The Hall–Kier alpha value is -2.22. The molecule has 4 rings (SSSR count). The van der Waals surface area contributed by atoms with E-state index in [9.17, 15) is 0 Å². The lowest BCUT2D eigenvalue weighted by atomic mass is 9.72. The monoisotopic (exact) mass is 319 g/mol. The first kappa shape index (κ1) is 15.3. The van der Waals surface area contributed by atoms with Gasteiger partial charge in [0.1, 0.15) is 5.75 Å². The average Bonchev–Trinajstić information content (AvgIpc) is 2.60. The first-order chi connectivity index (χ1) is 11.5. The van der Waals surface area contributed by atoms with Gasteiger partial charge in [0.25, 0.3) is 0 Å². The molecule has 1 aliphatic heterocycles. The van der Waals surface area contributed by atoms with Crippen molar-refractivity contribution in [2.45, 2.75) is 44.7 Å². The zero-order chi connectivity index (χ0) is 16.9.